The highest BCUT2D eigenvalue weighted by atomic mass is 15.0. The molecule has 0 saturated carbocycles. The van der Waals surface area contributed by atoms with Gasteiger partial charge in [0.15, 0.2) is 17.5 Å². The molecule has 0 amide bonds. The van der Waals surface area contributed by atoms with Gasteiger partial charge in [-0.05, 0) is 69.4 Å². The van der Waals surface area contributed by atoms with Gasteiger partial charge in [-0.15, -0.1) is 0 Å². The lowest BCUT2D eigenvalue weighted by atomic mass is 10.00. The van der Waals surface area contributed by atoms with E-state index in [0.29, 0.717) is 17.5 Å². The first kappa shape index (κ1) is 30.6. The van der Waals surface area contributed by atoms with Crippen LogP contribution in [0.3, 0.4) is 0 Å². The van der Waals surface area contributed by atoms with Gasteiger partial charge in [0.25, 0.3) is 0 Å². The molecule has 0 fully saturated rings. The zero-order valence-corrected chi connectivity index (χ0v) is 28.8. The third kappa shape index (κ3) is 5.63. The predicted octanol–water partition coefficient (Wildman–Crippen LogP) is 12.5. The van der Waals surface area contributed by atoms with Gasteiger partial charge in [-0.1, -0.05) is 158 Å². The molecule has 0 N–H and O–H groups in total. The molecule has 0 unspecified atom stereocenters. The summed E-state index contributed by atoms with van der Waals surface area (Å²) in [6.07, 6.45) is 0. The average molecular weight is 677 g/mol. The molecule has 0 aliphatic heterocycles. The zero-order chi connectivity index (χ0) is 35.1. The van der Waals surface area contributed by atoms with E-state index in [-0.39, 0.29) is 0 Å². The summed E-state index contributed by atoms with van der Waals surface area (Å²) in [5, 5.41) is 4.82. The van der Waals surface area contributed by atoms with E-state index in [4.69, 9.17) is 15.0 Å². The van der Waals surface area contributed by atoms with Crippen LogP contribution in [-0.2, 0) is 0 Å². The van der Waals surface area contributed by atoms with Crippen LogP contribution in [0.2, 0.25) is 0 Å². The summed E-state index contributed by atoms with van der Waals surface area (Å²) in [6.45, 7) is 0. The Bertz CT molecular complexity index is 2880. The van der Waals surface area contributed by atoms with Crippen LogP contribution in [0.4, 0.5) is 0 Å². The second-order valence-corrected chi connectivity index (χ2v) is 13.3. The van der Waals surface area contributed by atoms with Crippen molar-refractivity contribution in [1.82, 2.24) is 19.5 Å². The maximum atomic E-state index is 5.05. The quantitative estimate of drug-likeness (QED) is 0.176. The molecule has 10 rings (SSSR count). The number of fused-ring (bicyclic) bond motifs is 4. The molecule has 0 saturated heterocycles. The number of para-hydroxylation sites is 2. The van der Waals surface area contributed by atoms with Crippen LogP contribution in [0.25, 0.3) is 94.7 Å². The van der Waals surface area contributed by atoms with Gasteiger partial charge in [0, 0.05) is 33.2 Å². The molecule has 248 valence electrons. The fraction of sp³-hybridized carbons (Fsp3) is 0. The van der Waals surface area contributed by atoms with E-state index in [1.807, 2.05) is 36.4 Å². The van der Waals surface area contributed by atoms with Crippen LogP contribution in [0.15, 0.2) is 194 Å². The van der Waals surface area contributed by atoms with Gasteiger partial charge in [0.05, 0.1) is 11.0 Å². The molecular weight excluding hydrogens is 645 g/mol. The van der Waals surface area contributed by atoms with Gasteiger partial charge in [0.1, 0.15) is 0 Å². The summed E-state index contributed by atoms with van der Waals surface area (Å²) in [7, 11) is 0. The highest BCUT2D eigenvalue weighted by Crippen LogP contribution is 2.34. The molecule has 2 heterocycles. The first-order valence-electron chi connectivity index (χ1n) is 17.9. The van der Waals surface area contributed by atoms with Crippen molar-refractivity contribution in [2.24, 2.45) is 0 Å². The number of hydrogen-bond acceptors (Lipinski definition) is 3. The molecule has 10 aromatic rings. The average Bonchev–Trinajstić information content (AvgIpc) is 3.58. The number of benzene rings is 8. The van der Waals surface area contributed by atoms with E-state index in [0.717, 1.165) is 38.9 Å². The Morgan fingerprint density at radius 3 is 1.34 bits per heavy atom. The maximum absolute atomic E-state index is 5.05. The first-order valence-corrected chi connectivity index (χ1v) is 17.9. The minimum absolute atomic E-state index is 0.638. The minimum atomic E-state index is 0.638. The fourth-order valence-corrected chi connectivity index (χ4v) is 7.38. The molecule has 53 heavy (non-hydrogen) atoms. The van der Waals surface area contributed by atoms with Crippen LogP contribution in [0.5, 0.6) is 0 Å². The summed E-state index contributed by atoms with van der Waals surface area (Å²) in [5.41, 5.74) is 11.0. The predicted molar refractivity (Wildman–Crippen MR) is 219 cm³/mol. The Hall–Kier alpha value is -7.17. The van der Waals surface area contributed by atoms with Gasteiger partial charge < -0.3 is 4.57 Å². The molecular formula is C49H32N4. The van der Waals surface area contributed by atoms with Gasteiger partial charge in [-0.2, -0.15) is 0 Å². The number of hydrogen-bond donors (Lipinski definition) is 0. The van der Waals surface area contributed by atoms with E-state index in [9.17, 15) is 0 Å². The normalized spacial score (nSPS) is 11.4. The largest absolute Gasteiger partial charge is 0.309 e. The lowest BCUT2D eigenvalue weighted by Gasteiger charge is -2.11. The Morgan fingerprint density at radius 2 is 0.698 bits per heavy atom. The van der Waals surface area contributed by atoms with E-state index in [1.54, 1.807) is 0 Å². The Morgan fingerprint density at radius 1 is 0.283 bits per heavy atom. The number of aromatic nitrogens is 4. The maximum Gasteiger partial charge on any atom is 0.164 e. The summed E-state index contributed by atoms with van der Waals surface area (Å²) in [5.74, 6) is 1.93. The van der Waals surface area contributed by atoms with E-state index < -0.39 is 0 Å². The summed E-state index contributed by atoms with van der Waals surface area (Å²) < 4.78 is 2.36. The highest BCUT2D eigenvalue weighted by molar-refractivity contribution is 6.09. The van der Waals surface area contributed by atoms with Crippen LogP contribution >= 0.6 is 0 Å². The Balaban J connectivity index is 1.02. The van der Waals surface area contributed by atoms with Crippen molar-refractivity contribution in [3.8, 4) is 62.1 Å². The van der Waals surface area contributed by atoms with Crippen molar-refractivity contribution < 1.29 is 0 Å². The molecule has 0 spiro atoms. The van der Waals surface area contributed by atoms with Crippen LogP contribution < -0.4 is 0 Å². The second kappa shape index (κ2) is 12.9. The SMILES string of the molecule is c1ccc(-c2ccc3cc(-c4nc(-c5ccccc5)nc(-c5ccc(-c6cccc(-n7c8ccccc8c8ccccc87)c6)cc5)n4)ccc3c2)cc1. The van der Waals surface area contributed by atoms with Crippen LogP contribution in [-0.4, -0.2) is 19.5 Å². The third-order valence-corrected chi connectivity index (χ3v) is 10.0. The molecule has 0 aliphatic rings. The van der Waals surface area contributed by atoms with E-state index >= 15 is 0 Å². The molecule has 4 nitrogen and oxygen atoms in total. The summed E-state index contributed by atoms with van der Waals surface area (Å²) in [6, 6.07) is 68.2. The molecule has 0 aliphatic carbocycles. The van der Waals surface area contributed by atoms with Gasteiger partial charge in [-0.3, -0.25) is 0 Å². The Labute approximate surface area is 307 Å². The zero-order valence-electron chi connectivity index (χ0n) is 28.8. The minimum Gasteiger partial charge on any atom is -0.309 e. The monoisotopic (exact) mass is 676 g/mol. The van der Waals surface area contributed by atoms with Crippen LogP contribution in [0, 0.1) is 0 Å². The van der Waals surface area contributed by atoms with Gasteiger partial charge >= 0.3 is 0 Å². The van der Waals surface area contributed by atoms with Crippen molar-refractivity contribution in [1.29, 1.82) is 0 Å². The fourth-order valence-electron chi connectivity index (χ4n) is 7.38. The third-order valence-electron chi connectivity index (χ3n) is 10.0. The van der Waals surface area contributed by atoms with Gasteiger partial charge in [-0.25, -0.2) is 15.0 Å². The molecule has 8 aromatic carbocycles. The smallest absolute Gasteiger partial charge is 0.164 e. The summed E-state index contributed by atoms with van der Waals surface area (Å²) >= 11 is 0. The lowest BCUT2D eigenvalue weighted by molar-refractivity contribution is 1.07. The number of nitrogens with zero attached hydrogens (tertiary/aromatic N) is 4. The first-order chi connectivity index (χ1) is 26.2. The number of rotatable bonds is 6. The molecule has 0 radical (unpaired) electrons. The standard InChI is InChI=1S/C49H32N4/c1-3-12-33(13-4-1)38-26-27-40-31-41(29-28-39(40)30-38)49-51-47(35-14-5-2-6-15-35)50-48(52-49)36-24-22-34(23-25-36)37-16-11-17-42(32-37)53-45-20-9-7-18-43(45)44-19-8-10-21-46(44)53/h1-32H. The van der Waals surface area contributed by atoms with Crippen molar-refractivity contribution in [2.75, 3.05) is 0 Å². The molecule has 0 bridgehead atoms. The van der Waals surface area contributed by atoms with Crippen molar-refractivity contribution in [3.05, 3.63) is 194 Å². The molecule has 0 atom stereocenters. The van der Waals surface area contributed by atoms with Crippen molar-refractivity contribution in [2.45, 2.75) is 0 Å². The van der Waals surface area contributed by atoms with Gasteiger partial charge in [0.2, 0.25) is 0 Å². The Kier molecular flexibility index (Phi) is 7.43. The topological polar surface area (TPSA) is 43.6 Å². The second-order valence-electron chi connectivity index (χ2n) is 13.3. The molecule has 4 heteroatoms. The van der Waals surface area contributed by atoms with E-state index in [2.05, 4.69) is 162 Å². The van der Waals surface area contributed by atoms with Crippen LogP contribution in [0.1, 0.15) is 0 Å². The lowest BCUT2D eigenvalue weighted by Crippen LogP contribution is -2.00. The summed E-state index contributed by atoms with van der Waals surface area (Å²) in [4.78, 5) is 15.0. The van der Waals surface area contributed by atoms with E-state index in [1.165, 1.54) is 38.3 Å². The molecule has 2 aromatic heterocycles. The highest BCUT2D eigenvalue weighted by Gasteiger charge is 2.15. The van der Waals surface area contributed by atoms with Crippen molar-refractivity contribution in [3.63, 3.8) is 0 Å². The van der Waals surface area contributed by atoms with Crippen molar-refractivity contribution >= 4 is 32.6 Å².